The average molecular weight is 367 g/mol. The van der Waals surface area contributed by atoms with Crippen molar-refractivity contribution in [3.05, 3.63) is 47.6 Å². The minimum absolute atomic E-state index is 0.0614. The van der Waals surface area contributed by atoms with Gasteiger partial charge in [-0.3, -0.25) is 0 Å². The van der Waals surface area contributed by atoms with E-state index < -0.39 is 0 Å². The maximum Gasteiger partial charge on any atom is 0.322 e. The van der Waals surface area contributed by atoms with Gasteiger partial charge in [0.25, 0.3) is 5.89 Å². The maximum absolute atomic E-state index is 12.8. The molecule has 0 unspecified atom stereocenters. The summed E-state index contributed by atoms with van der Waals surface area (Å²) in [4.78, 5) is 18.9. The van der Waals surface area contributed by atoms with Crippen LogP contribution in [0.5, 0.6) is 0 Å². The number of aromatic nitrogens is 3. The number of urea groups is 1. The Morgan fingerprint density at radius 3 is 2.93 bits per heavy atom. The largest absolute Gasteiger partial charge is 0.361 e. The van der Waals surface area contributed by atoms with Crippen LogP contribution in [0.2, 0.25) is 0 Å². The molecule has 3 aromatic rings. The molecule has 2 aromatic heterocycles. The molecule has 0 radical (unpaired) electrons. The van der Waals surface area contributed by atoms with E-state index in [2.05, 4.69) is 20.6 Å². The first-order chi connectivity index (χ1) is 13.1. The second-order valence-electron chi connectivity index (χ2n) is 6.59. The fraction of sp³-hybridized carbons (Fsp3) is 0.368. The van der Waals surface area contributed by atoms with Crippen LogP contribution in [0, 0.1) is 6.92 Å². The van der Waals surface area contributed by atoms with Gasteiger partial charge >= 0.3 is 6.03 Å². The van der Waals surface area contributed by atoms with Crippen LogP contribution >= 0.6 is 0 Å². The van der Waals surface area contributed by atoms with E-state index in [1.165, 1.54) is 0 Å². The zero-order chi connectivity index (χ0) is 18.8. The zero-order valence-electron chi connectivity index (χ0n) is 15.3. The quantitative estimate of drug-likeness (QED) is 0.749. The van der Waals surface area contributed by atoms with Crippen LogP contribution < -0.4 is 5.32 Å². The van der Waals surface area contributed by atoms with Crippen molar-refractivity contribution >= 4 is 11.7 Å². The molecule has 27 heavy (non-hydrogen) atoms. The fourth-order valence-corrected chi connectivity index (χ4v) is 3.30. The topological polar surface area (TPSA) is 97.3 Å². The van der Waals surface area contributed by atoms with Gasteiger partial charge in [-0.1, -0.05) is 23.3 Å². The average Bonchev–Trinajstić information content (AvgIpc) is 3.41. The number of likely N-dealkylation sites (tertiary alicyclic amines) is 1. The molecule has 1 N–H and O–H groups in total. The lowest BCUT2D eigenvalue weighted by Crippen LogP contribution is -2.34. The first kappa shape index (κ1) is 17.3. The van der Waals surface area contributed by atoms with E-state index in [0.717, 1.165) is 29.9 Å². The number of nitrogens with one attached hydrogen (secondary N) is 1. The molecule has 0 saturated carbocycles. The molecule has 1 aliphatic heterocycles. The van der Waals surface area contributed by atoms with Crippen LogP contribution in [0.4, 0.5) is 10.5 Å². The lowest BCUT2D eigenvalue weighted by atomic mass is 10.1. The summed E-state index contributed by atoms with van der Waals surface area (Å²) in [6, 6.07) is 9.06. The Morgan fingerprint density at radius 2 is 2.19 bits per heavy atom. The van der Waals surface area contributed by atoms with Gasteiger partial charge in [-0.25, -0.2) is 4.79 Å². The molecule has 8 heteroatoms. The van der Waals surface area contributed by atoms with Gasteiger partial charge in [0.2, 0.25) is 0 Å². The van der Waals surface area contributed by atoms with Gasteiger partial charge in [0.05, 0.1) is 6.04 Å². The molecule has 0 aliphatic carbocycles. The lowest BCUT2D eigenvalue weighted by Gasteiger charge is -2.23. The molecule has 1 saturated heterocycles. The fourth-order valence-electron chi connectivity index (χ4n) is 3.30. The van der Waals surface area contributed by atoms with Gasteiger partial charge in [-0.15, -0.1) is 0 Å². The Hall–Kier alpha value is -3.16. The summed E-state index contributed by atoms with van der Waals surface area (Å²) >= 11 is 0. The molecule has 1 aliphatic rings. The van der Waals surface area contributed by atoms with E-state index in [9.17, 15) is 4.79 Å². The normalized spacial score (nSPS) is 16.7. The second-order valence-corrected chi connectivity index (χ2v) is 6.59. The van der Waals surface area contributed by atoms with Crippen molar-refractivity contribution in [2.45, 2.75) is 39.2 Å². The van der Waals surface area contributed by atoms with Crippen LogP contribution in [-0.4, -0.2) is 32.8 Å². The summed E-state index contributed by atoms with van der Waals surface area (Å²) in [5, 5.41) is 11.0. The highest BCUT2D eigenvalue weighted by Gasteiger charge is 2.32. The zero-order valence-corrected chi connectivity index (χ0v) is 15.3. The van der Waals surface area contributed by atoms with E-state index in [-0.39, 0.29) is 12.1 Å². The maximum atomic E-state index is 12.8. The number of nitrogens with zero attached hydrogens (tertiary/aromatic N) is 4. The van der Waals surface area contributed by atoms with Gasteiger partial charge in [0.1, 0.15) is 11.5 Å². The molecular formula is C19H21N5O3. The number of rotatable bonds is 4. The number of amides is 2. The van der Waals surface area contributed by atoms with Gasteiger partial charge in [0, 0.05) is 30.3 Å². The summed E-state index contributed by atoms with van der Waals surface area (Å²) in [5.41, 5.74) is 2.24. The van der Waals surface area contributed by atoms with Crippen molar-refractivity contribution in [2.75, 3.05) is 11.9 Å². The summed E-state index contributed by atoms with van der Waals surface area (Å²) in [7, 11) is 0. The van der Waals surface area contributed by atoms with E-state index >= 15 is 0 Å². The molecule has 2 amide bonds. The number of hydrogen-bond donors (Lipinski definition) is 1. The van der Waals surface area contributed by atoms with Crippen molar-refractivity contribution in [2.24, 2.45) is 0 Å². The highest BCUT2D eigenvalue weighted by Crippen LogP contribution is 2.32. The minimum Gasteiger partial charge on any atom is -0.361 e. The van der Waals surface area contributed by atoms with Crippen LogP contribution in [-0.2, 0) is 6.42 Å². The number of aryl methyl sites for hydroxylation is 2. The highest BCUT2D eigenvalue weighted by atomic mass is 16.5. The smallest absolute Gasteiger partial charge is 0.322 e. The molecule has 0 spiro atoms. The summed E-state index contributed by atoms with van der Waals surface area (Å²) in [6.45, 7) is 4.50. The SMILES string of the molecule is CCc1noc(-c2cccc(NC(=O)N3CCC[C@H]3c3cc(C)on3)c2)n1. The Bertz CT molecular complexity index is 948. The summed E-state index contributed by atoms with van der Waals surface area (Å²) < 4.78 is 10.4. The van der Waals surface area contributed by atoms with Crippen molar-refractivity contribution in [1.29, 1.82) is 0 Å². The number of hydrogen-bond acceptors (Lipinski definition) is 6. The number of anilines is 1. The Kier molecular flexibility index (Phi) is 4.62. The van der Waals surface area contributed by atoms with Crippen LogP contribution in [0.3, 0.4) is 0 Å². The molecule has 1 aromatic carbocycles. The van der Waals surface area contributed by atoms with Crippen molar-refractivity contribution in [1.82, 2.24) is 20.2 Å². The Morgan fingerprint density at radius 1 is 1.30 bits per heavy atom. The van der Waals surface area contributed by atoms with E-state index in [4.69, 9.17) is 9.05 Å². The van der Waals surface area contributed by atoms with E-state index in [0.29, 0.717) is 30.4 Å². The first-order valence-corrected chi connectivity index (χ1v) is 9.08. The molecular weight excluding hydrogens is 346 g/mol. The van der Waals surface area contributed by atoms with Gasteiger partial charge < -0.3 is 19.3 Å². The van der Waals surface area contributed by atoms with E-state index in [1.807, 2.05) is 44.2 Å². The van der Waals surface area contributed by atoms with Gasteiger partial charge in [-0.05, 0) is 38.0 Å². The van der Waals surface area contributed by atoms with Crippen molar-refractivity contribution < 1.29 is 13.8 Å². The van der Waals surface area contributed by atoms with Crippen LogP contribution in [0.25, 0.3) is 11.5 Å². The van der Waals surface area contributed by atoms with Crippen LogP contribution in [0.1, 0.15) is 43.1 Å². The Labute approximate surface area is 156 Å². The van der Waals surface area contributed by atoms with Gasteiger partial charge in [-0.2, -0.15) is 4.98 Å². The third kappa shape index (κ3) is 3.55. The standard InChI is InChI=1S/C19H21N5O3/c1-3-17-21-18(27-23-17)13-6-4-7-14(11-13)20-19(25)24-9-5-8-16(24)15-10-12(2)26-22-15/h4,6-7,10-11,16H,3,5,8-9H2,1-2H3,(H,20,25)/t16-/m0/s1. The molecule has 140 valence electrons. The summed E-state index contributed by atoms with van der Waals surface area (Å²) in [6.07, 6.45) is 2.52. The van der Waals surface area contributed by atoms with Crippen molar-refractivity contribution in [3.8, 4) is 11.5 Å². The monoisotopic (exact) mass is 367 g/mol. The third-order valence-electron chi connectivity index (χ3n) is 4.65. The molecule has 1 fully saturated rings. The van der Waals surface area contributed by atoms with Crippen molar-refractivity contribution in [3.63, 3.8) is 0 Å². The molecule has 8 nitrogen and oxygen atoms in total. The predicted octanol–water partition coefficient (Wildman–Crippen LogP) is 3.96. The Balaban J connectivity index is 1.50. The lowest BCUT2D eigenvalue weighted by molar-refractivity contribution is 0.204. The first-order valence-electron chi connectivity index (χ1n) is 9.08. The number of benzene rings is 1. The molecule has 4 rings (SSSR count). The van der Waals surface area contributed by atoms with E-state index in [1.54, 1.807) is 4.90 Å². The number of carbonyl (C=O) groups is 1. The highest BCUT2D eigenvalue weighted by molar-refractivity contribution is 5.90. The minimum atomic E-state index is -0.157. The van der Waals surface area contributed by atoms with Gasteiger partial charge in [0.15, 0.2) is 5.82 Å². The molecule has 3 heterocycles. The second kappa shape index (κ2) is 7.22. The third-order valence-corrected chi connectivity index (χ3v) is 4.65. The predicted molar refractivity (Wildman–Crippen MR) is 98.1 cm³/mol. The van der Waals surface area contributed by atoms with Crippen LogP contribution in [0.15, 0.2) is 39.4 Å². The summed E-state index contributed by atoms with van der Waals surface area (Å²) in [5.74, 6) is 1.85. The molecule has 1 atom stereocenters. The molecule has 0 bridgehead atoms. The number of carbonyl (C=O) groups excluding carboxylic acids is 1.